The molecule has 37 heavy (non-hydrogen) atoms. The number of fused-ring (bicyclic) bond motifs is 2. The minimum absolute atomic E-state index is 0.0682. The highest BCUT2D eigenvalue weighted by atomic mass is 19.1. The van der Waals surface area contributed by atoms with Gasteiger partial charge < -0.3 is 14.8 Å². The van der Waals surface area contributed by atoms with Gasteiger partial charge in [-0.2, -0.15) is 0 Å². The fourth-order valence-electron chi connectivity index (χ4n) is 6.70. The van der Waals surface area contributed by atoms with E-state index in [1.165, 1.54) is 12.1 Å². The summed E-state index contributed by atoms with van der Waals surface area (Å²) in [6.45, 7) is 4.40. The van der Waals surface area contributed by atoms with Crippen LogP contribution in [0.15, 0.2) is 48.7 Å². The highest BCUT2D eigenvalue weighted by Gasteiger charge is 2.54. The lowest BCUT2D eigenvalue weighted by Gasteiger charge is -2.47. The number of allylic oxidation sites excluding steroid dienone is 1. The van der Waals surface area contributed by atoms with E-state index in [1.54, 1.807) is 12.3 Å². The number of cyclic esters (lactones) is 1. The summed E-state index contributed by atoms with van der Waals surface area (Å²) >= 11 is 0. The van der Waals surface area contributed by atoms with E-state index in [-0.39, 0.29) is 47.8 Å². The average Bonchev–Trinajstić information content (AvgIpc) is 3.18. The number of hydrogen-bond donors (Lipinski definition) is 1. The highest BCUT2D eigenvalue weighted by Crippen LogP contribution is 2.53. The first-order chi connectivity index (χ1) is 17.9. The Balaban J connectivity index is 1.32. The second-order valence-electron chi connectivity index (χ2n) is 10.7. The Morgan fingerprint density at radius 3 is 2.84 bits per heavy atom. The normalized spacial score (nSPS) is 30.9. The van der Waals surface area contributed by atoms with Crippen LogP contribution in [0.3, 0.4) is 0 Å². The Bertz CT molecular complexity index is 1150. The van der Waals surface area contributed by atoms with Crippen molar-refractivity contribution in [3.63, 3.8) is 0 Å². The molecule has 0 radical (unpaired) electrons. The predicted octanol–water partition coefficient (Wildman–Crippen LogP) is 6.02. The number of aromatic nitrogens is 1. The summed E-state index contributed by atoms with van der Waals surface area (Å²) in [7, 11) is 0. The maximum atomic E-state index is 13.6. The van der Waals surface area contributed by atoms with Crippen LogP contribution in [-0.2, 0) is 14.3 Å². The van der Waals surface area contributed by atoms with Gasteiger partial charge in [-0.15, -0.1) is 0 Å². The minimum atomic E-state index is -0.350. The van der Waals surface area contributed by atoms with Crippen molar-refractivity contribution >= 4 is 18.1 Å². The number of halogens is 1. The summed E-state index contributed by atoms with van der Waals surface area (Å²) in [6.07, 6.45) is 9.90. The Morgan fingerprint density at radius 2 is 2.08 bits per heavy atom. The van der Waals surface area contributed by atoms with Gasteiger partial charge in [0.25, 0.3) is 0 Å². The predicted molar refractivity (Wildman–Crippen MR) is 139 cm³/mol. The number of carbonyl (C=O) groups excluding carboxylic acids is 2. The van der Waals surface area contributed by atoms with Crippen LogP contribution in [0.5, 0.6) is 0 Å². The lowest BCUT2D eigenvalue weighted by molar-refractivity contribution is -0.144. The average molecular weight is 507 g/mol. The number of ether oxygens (including phenoxy) is 2. The Kier molecular flexibility index (Phi) is 7.58. The smallest absolute Gasteiger partial charge is 0.407 e. The van der Waals surface area contributed by atoms with Crippen LogP contribution in [0.1, 0.15) is 51.6 Å². The van der Waals surface area contributed by atoms with Crippen molar-refractivity contribution in [1.82, 2.24) is 10.3 Å². The molecule has 0 unspecified atom stereocenters. The molecule has 1 aliphatic heterocycles. The number of alkyl carbamates (subject to hydrolysis) is 1. The molecule has 1 N–H and O–H groups in total. The molecule has 1 aromatic carbocycles. The van der Waals surface area contributed by atoms with Gasteiger partial charge in [-0.3, -0.25) is 9.78 Å². The molecule has 0 spiro atoms. The maximum Gasteiger partial charge on any atom is 0.407 e. The zero-order valence-corrected chi connectivity index (χ0v) is 21.4. The third-order valence-corrected chi connectivity index (χ3v) is 8.34. The zero-order chi connectivity index (χ0) is 25.9. The molecule has 5 rings (SSSR count). The molecule has 1 aromatic heterocycles. The summed E-state index contributed by atoms with van der Waals surface area (Å²) in [4.78, 5) is 29.4. The quantitative estimate of drug-likeness (QED) is 0.485. The van der Waals surface area contributed by atoms with Crippen molar-refractivity contribution < 1.29 is 23.5 Å². The van der Waals surface area contributed by atoms with Gasteiger partial charge in [-0.25, -0.2) is 9.18 Å². The van der Waals surface area contributed by atoms with Gasteiger partial charge >= 0.3 is 12.1 Å². The molecule has 7 atom stereocenters. The molecule has 3 aliphatic rings. The van der Waals surface area contributed by atoms with Crippen LogP contribution >= 0.6 is 0 Å². The molecule has 7 heteroatoms. The van der Waals surface area contributed by atoms with E-state index in [1.807, 2.05) is 38.1 Å². The lowest BCUT2D eigenvalue weighted by atomic mass is 9.57. The Hall–Kier alpha value is -3.22. The van der Waals surface area contributed by atoms with Crippen LogP contribution in [0, 0.1) is 35.4 Å². The molecule has 196 valence electrons. The van der Waals surface area contributed by atoms with Gasteiger partial charge in [0.05, 0.1) is 18.2 Å². The fourth-order valence-corrected chi connectivity index (χ4v) is 6.70. The number of nitrogens with zero attached hydrogens (tertiary/aromatic N) is 1. The number of esters is 1. The fraction of sp³-hybridized carbons (Fsp3) is 0.500. The van der Waals surface area contributed by atoms with E-state index >= 15 is 0 Å². The van der Waals surface area contributed by atoms with E-state index in [0.29, 0.717) is 18.4 Å². The molecule has 2 saturated carbocycles. The molecule has 1 saturated heterocycles. The van der Waals surface area contributed by atoms with E-state index in [9.17, 15) is 14.0 Å². The first-order valence-corrected chi connectivity index (χ1v) is 13.5. The molecule has 3 fully saturated rings. The van der Waals surface area contributed by atoms with Crippen molar-refractivity contribution in [3.05, 3.63) is 60.2 Å². The van der Waals surface area contributed by atoms with E-state index in [4.69, 9.17) is 9.47 Å². The van der Waals surface area contributed by atoms with Crippen molar-refractivity contribution in [2.75, 3.05) is 6.61 Å². The van der Waals surface area contributed by atoms with Gasteiger partial charge in [0.1, 0.15) is 11.9 Å². The molecule has 6 nitrogen and oxygen atoms in total. The van der Waals surface area contributed by atoms with Gasteiger partial charge in [0.2, 0.25) is 0 Å². The Morgan fingerprint density at radius 1 is 1.22 bits per heavy atom. The van der Waals surface area contributed by atoms with Gasteiger partial charge in [-0.05, 0) is 86.6 Å². The maximum absolute atomic E-state index is 13.6. The summed E-state index contributed by atoms with van der Waals surface area (Å²) in [6, 6.07) is 10.5. The van der Waals surface area contributed by atoms with Gasteiger partial charge in [0, 0.05) is 23.7 Å². The van der Waals surface area contributed by atoms with Crippen LogP contribution in [0.2, 0.25) is 0 Å². The standard InChI is InChI=1S/C30H35FN2O4/c1-3-13-36-30(35)33-24-10-11-25-21(15-24)16-27-28(18(2)37-29(27)34)26(25)12-9-23-8-7-20(17-32-23)19-5-4-6-22(31)14-19/h4-9,12,14,17-18,21,24-28H,3,10-11,13,15-16H2,1-2H3,(H,33,35)/b12-9+/t18-,21-,24+,25+,26-,27+,28+/m0/s1. The minimum Gasteiger partial charge on any atom is -0.462 e. The number of benzene rings is 1. The number of pyridine rings is 1. The van der Waals surface area contributed by atoms with Crippen LogP contribution in [0.25, 0.3) is 17.2 Å². The first-order valence-electron chi connectivity index (χ1n) is 13.5. The SMILES string of the molecule is CCCOC(=O)N[C@@H]1CC[C@@H]2[C@@H](C1)C[C@H]1C(=O)O[C@@H](C)[C@@H]1[C@H]2/C=C/c1ccc(-c2cccc(F)c2)cn1. The number of carbonyl (C=O) groups is 2. The summed E-state index contributed by atoms with van der Waals surface area (Å²) in [5.41, 5.74) is 2.48. The third-order valence-electron chi connectivity index (χ3n) is 8.34. The van der Waals surface area contributed by atoms with Gasteiger partial charge in [0.15, 0.2) is 0 Å². The van der Waals surface area contributed by atoms with Crippen LogP contribution in [-0.4, -0.2) is 35.8 Å². The topological polar surface area (TPSA) is 77.5 Å². The summed E-state index contributed by atoms with van der Waals surface area (Å²) in [5, 5.41) is 3.03. The number of nitrogens with one attached hydrogen (secondary N) is 1. The van der Waals surface area contributed by atoms with E-state index in [2.05, 4.69) is 16.4 Å². The molecule has 2 aliphatic carbocycles. The highest BCUT2D eigenvalue weighted by molar-refractivity contribution is 5.75. The zero-order valence-electron chi connectivity index (χ0n) is 21.4. The molecule has 2 aromatic rings. The number of amides is 1. The largest absolute Gasteiger partial charge is 0.462 e. The number of hydrogen-bond acceptors (Lipinski definition) is 5. The molecular weight excluding hydrogens is 471 g/mol. The van der Waals surface area contributed by atoms with E-state index < -0.39 is 0 Å². The first kappa shape index (κ1) is 25.4. The summed E-state index contributed by atoms with van der Waals surface area (Å²) < 4.78 is 24.5. The summed E-state index contributed by atoms with van der Waals surface area (Å²) in [5.74, 6) is 0.629. The third kappa shape index (κ3) is 5.55. The molecule has 2 heterocycles. The van der Waals surface area contributed by atoms with Crippen LogP contribution < -0.4 is 5.32 Å². The second-order valence-corrected chi connectivity index (χ2v) is 10.7. The molecule has 1 amide bonds. The van der Waals surface area contributed by atoms with Crippen molar-refractivity contribution in [2.24, 2.45) is 29.6 Å². The Labute approximate surface area is 217 Å². The van der Waals surface area contributed by atoms with Crippen LogP contribution in [0.4, 0.5) is 9.18 Å². The molecular formula is C30H35FN2O4. The van der Waals surface area contributed by atoms with Gasteiger partial charge in [-0.1, -0.05) is 31.2 Å². The number of rotatable bonds is 6. The van der Waals surface area contributed by atoms with Crippen molar-refractivity contribution in [1.29, 1.82) is 0 Å². The van der Waals surface area contributed by atoms with Crippen molar-refractivity contribution in [2.45, 2.75) is 58.1 Å². The lowest BCUT2D eigenvalue weighted by Crippen LogP contribution is -2.48. The van der Waals surface area contributed by atoms with Crippen molar-refractivity contribution in [3.8, 4) is 11.1 Å². The van der Waals surface area contributed by atoms with E-state index in [0.717, 1.165) is 48.9 Å². The molecule has 0 bridgehead atoms. The second kappa shape index (κ2) is 11.0. The monoisotopic (exact) mass is 506 g/mol.